The molecule has 0 fully saturated rings. The van der Waals surface area contributed by atoms with E-state index in [9.17, 15) is 19.8 Å². The van der Waals surface area contributed by atoms with Gasteiger partial charge < -0.3 is 19.7 Å². The third-order valence-corrected chi connectivity index (χ3v) is 8.46. The van der Waals surface area contributed by atoms with Gasteiger partial charge >= 0.3 is 11.9 Å². The summed E-state index contributed by atoms with van der Waals surface area (Å²) >= 11 is 0. The van der Waals surface area contributed by atoms with Crippen LogP contribution in [0.3, 0.4) is 0 Å². The van der Waals surface area contributed by atoms with E-state index in [1.807, 2.05) is 91.0 Å². The van der Waals surface area contributed by atoms with Crippen LogP contribution in [0.25, 0.3) is 27.6 Å². The van der Waals surface area contributed by atoms with Gasteiger partial charge in [-0.2, -0.15) is 0 Å². The molecule has 12 nitrogen and oxygen atoms in total. The quantitative estimate of drug-likeness (QED) is 0.130. The van der Waals surface area contributed by atoms with Crippen LogP contribution >= 0.6 is 0 Å². The van der Waals surface area contributed by atoms with Crippen LogP contribution in [0.2, 0.25) is 0 Å². The van der Waals surface area contributed by atoms with Gasteiger partial charge in [-0.3, -0.25) is 0 Å². The molecule has 2 aromatic heterocycles. The van der Waals surface area contributed by atoms with Gasteiger partial charge in [0.25, 0.3) is 11.8 Å². The number of carboxylic acids is 2. The molecule has 0 amide bonds. The number of fused-ring (bicyclic) bond motifs is 1. The van der Waals surface area contributed by atoms with Crippen LogP contribution in [0.1, 0.15) is 43.2 Å². The van der Waals surface area contributed by atoms with Crippen LogP contribution < -0.4 is 9.47 Å². The van der Waals surface area contributed by atoms with Crippen molar-refractivity contribution in [2.24, 2.45) is 0 Å². The summed E-state index contributed by atoms with van der Waals surface area (Å²) in [6, 6.07) is 42.5. The number of carboxylic acid groups (broad SMARTS) is 2. The van der Waals surface area contributed by atoms with Crippen molar-refractivity contribution in [3.05, 3.63) is 173 Å². The molecule has 0 radical (unpaired) electrons. The van der Waals surface area contributed by atoms with Crippen molar-refractivity contribution < 1.29 is 29.3 Å². The van der Waals surface area contributed by atoms with E-state index in [-0.39, 0.29) is 23.1 Å². The minimum atomic E-state index is -1.29. The normalized spacial score (nSPS) is 10.5. The molecule has 12 heteroatoms. The molecule has 0 saturated carbocycles. The van der Waals surface area contributed by atoms with Crippen molar-refractivity contribution in [1.29, 1.82) is 0 Å². The molecule has 0 spiro atoms. The Kier molecular flexibility index (Phi) is 9.42. The maximum Gasteiger partial charge on any atom is 0.360 e. The summed E-state index contributed by atoms with van der Waals surface area (Å²) < 4.78 is 13.1. The Hall–Kier alpha value is -8.48. The minimum Gasteiger partial charge on any atom is -0.476 e. The topological polar surface area (TPSA) is 165 Å². The Bertz CT molecular complexity index is 2900. The van der Waals surface area contributed by atoms with E-state index in [0.29, 0.717) is 28.3 Å². The lowest BCUT2D eigenvalue weighted by molar-refractivity contribution is 0.0674. The molecule has 0 aliphatic heterocycles. The first-order chi connectivity index (χ1) is 27.4. The fourth-order valence-corrected chi connectivity index (χ4v) is 5.87. The van der Waals surface area contributed by atoms with Crippen LogP contribution in [0, 0.1) is 23.7 Å². The molecule has 6 aromatic carbocycles. The molecular formula is C44H26N6O6. The molecule has 3 N–H and O–H groups in total. The Morgan fingerprint density at radius 2 is 1.32 bits per heavy atom. The van der Waals surface area contributed by atoms with Crippen LogP contribution in [-0.2, 0) is 0 Å². The summed E-state index contributed by atoms with van der Waals surface area (Å²) in [5.74, 6) is 10.5. The van der Waals surface area contributed by atoms with Gasteiger partial charge in [-0.1, -0.05) is 123 Å². The molecule has 56 heavy (non-hydrogen) atoms. The van der Waals surface area contributed by atoms with Gasteiger partial charge in [0.05, 0.1) is 5.69 Å². The maximum atomic E-state index is 12.7. The zero-order valence-electron chi connectivity index (χ0n) is 29.0. The number of nitrogens with one attached hydrogen (secondary N) is 1. The number of nitrogens with zero attached hydrogens (tertiary/aromatic N) is 5. The van der Waals surface area contributed by atoms with Crippen molar-refractivity contribution >= 4 is 22.7 Å². The van der Waals surface area contributed by atoms with Crippen LogP contribution in [0.15, 0.2) is 140 Å². The van der Waals surface area contributed by atoms with E-state index < -0.39 is 11.9 Å². The molecular weight excluding hydrogens is 709 g/mol. The fourth-order valence-electron chi connectivity index (χ4n) is 5.87. The Morgan fingerprint density at radius 3 is 2.12 bits per heavy atom. The first-order valence-electron chi connectivity index (χ1n) is 17.0. The summed E-state index contributed by atoms with van der Waals surface area (Å²) in [5.41, 5.74) is 4.32. The van der Waals surface area contributed by atoms with Crippen molar-refractivity contribution in [3.8, 4) is 63.8 Å². The van der Waals surface area contributed by atoms with Gasteiger partial charge in [-0.05, 0) is 77.0 Å². The summed E-state index contributed by atoms with van der Waals surface area (Å²) in [5, 5.41) is 39.2. The molecule has 0 unspecified atom stereocenters. The fraction of sp³-hybridized carbons (Fsp3) is 0. The van der Waals surface area contributed by atoms with Crippen molar-refractivity contribution in [3.63, 3.8) is 0 Å². The highest BCUT2D eigenvalue weighted by atomic mass is 16.5. The third kappa shape index (κ3) is 7.39. The van der Waals surface area contributed by atoms with E-state index >= 15 is 0 Å². The van der Waals surface area contributed by atoms with Gasteiger partial charge in [0.2, 0.25) is 11.4 Å². The molecule has 0 atom stereocenters. The average Bonchev–Trinajstić information content (AvgIpc) is 3.88. The highest BCUT2D eigenvalue weighted by Gasteiger charge is 2.24. The lowest BCUT2D eigenvalue weighted by Gasteiger charge is -2.10. The third-order valence-electron chi connectivity index (χ3n) is 8.46. The summed E-state index contributed by atoms with van der Waals surface area (Å²) in [6.45, 7) is 0. The number of aromatic amines is 1. The number of hydrogen-bond donors (Lipinski definition) is 3. The first-order valence-corrected chi connectivity index (χ1v) is 17.0. The van der Waals surface area contributed by atoms with E-state index in [1.165, 1.54) is 4.68 Å². The largest absolute Gasteiger partial charge is 0.476 e. The SMILES string of the molecule is O=C(O)c1[nH]nnc1Oc1cc(C#Cc2cccc(-n3nnc(Oc4ccc(C#Cc5ccccc5)c(-c5ccccc5)c4)c3C(=O)O)c2)c2ccccc2c1. The molecule has 0 bridgehead atoms. The lowest BCUT2D eigenvalue weighted by Crippen LogP contribution is -2.09. The average molecular weight is 735 g/mol. The Labute approximate surface area is 318 Å². The number of benzene rings is 6. The summed E-state index contributed by atoms with van der Waals surface area (Å²) in [7, 11) is 0. The second-order valence-electron chi connectivity index (χ2n) is 12.1. The highest BCUT2D eigenvalue weighted by Crippen LogP contribution is 2.32. The number of aromatic carboxylic acids is 2. The van der Waals surface area contributed by atoms with E-state index in [4.69, 9.17) is 9.47 Å². The summed E-state index contributed by atoms with van der Waals surface area (Å²) in [4.78, 5) is 24.2. The Morgan fingerprint density at radius 1 is 0.607 bits per heavy atom. The van der Waals surface area contributed by atoms with E-state index in [0.717, 1.165) is 33.0 Å². The summed E-state index contributed by atoms with van der Waals surface area (Å²) in [6.07, 6.45) is 0. The number of hydrogen-bond acceptors (Lipinski definition) is 8. The molecule has 2 heterocycles. The molecule has 268 valence electrons. The zero-order valence-corrected chi connectivity index (χ0v) is 29.0. The number of ether oxygens (including phenoxy) is 2. The lowest BCUT2D eigenvalue weighted by atomic mass is 9.99. The second kappa shape index (κ2) is 15.2. The minimum absolute atomic E-state index is 0.188. The Balaban J connectivity index is 1.10. The molecule has 0 saturated heterocycles. The second-order valence-corrected chi connectivity index (χ2v) is 12.1. The predicted octanol–water partition coefficient (Wildman–Crippen LogP) is 7.99. The number of H-pyrrole nitrogens is 1. The van der Waals surface area contributed by atoms with Crippen LogP contribution in [0.4, 0.5) is 0 Å². The van der Waals surface area contributed by atoms with Crippen LogP contribution in [-0.4, -0.2) is 52.6 Å². The number of rotatable bonds is 8. The molecule has 8 aromatic rings. The molecule has 0 aliphatic carbocycles. The van der Waals surface area contributed by atoms with Gasteiger partial charge in [0.1, 0.15) is 11.5 Å². The molecule has 0 aliphatic rings. The van der Waals surface area contributed by atoms with Gasteiger partial charge in [-0.25, -0.2) is 19.4 Å². The van der Waals surface area contributed by atoms with Crippen molar-refractivity contribution in [2.75, 3.05) is 0 Å². The van der Waals surface area contributed by atoms with Gasteiger partial charge in [-0.15, -0.1) is 0 Å². The highest BCUT2D eigenvalue weighted by molar-refractivity contribution is 5.91. The molecule has 8 rings (SSSR count). The van der Waals surface area contributed by atoms with Crippen molar-refractivity contribution in [1.82, 2.24) is 30.4 Å². The van der Waals surface area contributed by atoms with E-state index in [1.54, 1.807) is 48.5 Å². The smallest absolute Gasteiger partial charge is 0.360 e. The van der Waals surface area contributed by atoms with Crippen LogP contribution in [0.5, 0.6) is 23.3 Å². The number of aromatic nitrogens is 6. The maximum absolute atomic E-state index is 12.7. The van der Waals surface area contributed by atoms with E-state index in [2.05, 4.69) is 49.4 Å². The predicted molar refractivity (Wildman–Crippen MR) is 206 cm³/mol. The monoisotopic (exact) mass is 734 g/mol. The zero-order chi connectivity index (χ0) is 38.4. The number of carbonyl (C=O) groups is 2. The van der Waals surface area contributed by atoms with Gasteiger partial charge in [0.15, 0.2) is 0 Å². The first kappa shape index (κ1) is 34.6. The van der Waals surface area contributed by atoms with Crippen molar-refractivity contribution in [2.45, 2.75) is 0 Å². The van der Waals surface area contributed by atoms with Gasteiger partial charge in [0, 0.05) is 27.8 Å². The standard InChI is InChI=1S/C44H26N6O6/c51-43(52)39-41(46-48-45-39)56-36-25-32-15-7-8-17-37(32)33(26-36)21-19-29-12-9-16-34(24-29)50-40(44(53)54)42(47-49-50)55-35-23-22-31(20-18-28-10-3-1-4-11-28)38(27-35)30-13-5-2-6-14-30/h1-17,22-27H,(H,51,52)(H,53,54)(H,45,46,48).